The van der Waals surface area contributed by atoms with E-state index >= 15 is 0 Å². The first-order valence-corrected chi connectivity index (χ1v) is 9.22. The van der Waals surface area contributed by atoms with Crippen molar-refractivity contribution in [1.82, 2.24) is 14.8 Å². The number of aromatic nitrogens is 1. The van der Waals surface area contributed by atoms with Crippen LogP contribution in [-0.4, -0.2) is 36.0 Å². The lowest BCUT2D eigenvalue weighted by Gasteiger charge is -2.25. The molecule has 0 spiro atoms. The molecule has 0 bridgehead atoms. The minimum atomic E-state index is -0.416. The maximum atomic E-state index is 13.5. The van der Waals surface area contributed by atoms with Crippen molar-refractivity contribution >= 4 is 17.0 Å². The Labute approximate surface area is 162 Å². The normalized spacial score (nSPS) is 12.4. The Morgan fingerprint density at radius 2 is 2.00 bits per heavy atom. The Balaban J connectivity index is 1.53. The quantitative estimate of drug-likeness (QED) is 0.647. The third-order valence-corrected chi connectivity index (χ3v) is 4.71. The number of halogens is 1. The van der Waals surface area contributed by atoms with Gasteiger partial charge in [-0.1, -0.05) is 24.3 Å². The predicted octanol–water partition coefficient (Wildman–Crippen LogP) is 2.93. The Kier molecular flexibility index (Phi) is 6.26. The highest BCUT2D eigenvalue weighted by Gasteiger charge is 2.16. The zero-order valence-corrected chi connectivity index (χ0v) is 16.0. The Bertz CT molecular complexity index is 1010. The van der Waals surface area contributed by atoms with Crippen LogP contribution < -0.4 is 11.1 Å². The number of oxazole rings is 1. The van der Waals surface area contributed by atoms with Crippen molar-refractivity contribution in [1.29, 1.82) is 0 Å². The largest absolute Gasteiger partial charge is 0.419 e. The number of hydrogen-bond donors (Lipinski definition) is 1. The highest BCUT2D eigenvalue weighted by atomic mass is 19.1. The van der Waals surface area contributed by atoms with E-state index in [-0.39, 0.29) is 24.2 Å². The summed E-state index contributed by atoms with van der Waals surface area (Å²) in [5.74, 6) is -0.821. The number of carbonyl (C=O) groups excluding carboxylic acids is 1. The summed E-state index contributed by atoms with van der Waals surface area (Å²) in [7, 11) is 3.77. The monoisotopic (exact) mass is 385 g/mol. The van der Waals surface area contributed by atoms with Crippen molar-refractivity contribution in [3.8, 4) is 0 Å². The molecule has 0 radical (unpaired) electrons. The Morgan fingerprint density at radius 1 is 1.21 bits per heavy atom. The minimum Gasteiger partial charge on any atom is -0.408 e. The van der Waals surface area contributed by atoms with E-state index in [9.17, 15) is 14.0 Å². The fraction of sp³-hybridized carbons (Fsp3) is 0.333. The van der Waals surface area contributed by atoms with Crippen molar-refractivity contribution in [3.05, 3.63) is 70.5 Å². The molecule has 0 aliphatic heterocycles. The van der Waals surface area contributed by atoms with E-state index in [1.165, 1.54) is 16.7 Å². The first-order chi connectivity index (χ1) is 13.5. The van der Waals surface area contributed by atoms with Crippen LogP contribution >= 0.6 is 0 Å². The molecule has 2 aromatic carbocycles. The molecule has 0 aliphatic carbocycles. The molecule has 1 heterocycles. The van der Waals surface area contributed by atoms with Crippen molar-refractivity contribution in [3.63, 3.8) is 0 Å². The molecule has 1 atom stereocenters. The van der Waals surface area contributed by atoms with Gasteiger partial charge in [0.1, 0.15) is 5.82 Å². The van der Waals surface area contributed by atoms with Gasteiger partial charge in [-0.3, -0.25) is 9.36 Å². The first kappa shape index (κ1) is 19.8. The summed E-state index contributed by atoms with van der Waals surface area (Å²) in [4.78, 5) is 26.1. The van der Waals surface area contributed by atoms with Crippen LogP contribution in [0.1, 0.15) is 24.4 Å². The van der Waals surface area contributed by atoms with E-state index in [4.69, 9.17) is 4.42 Å². The second-order valence-corrected chi connectivity index (χ2v) is 6.93. The van der Waals surface area contributed by atoms with Crippen LogP contribution in [0.2, 0.25) is 0 Å². The van der Waals surface area contributed by atoms with Crippen LogP contribution in [0.5, 0.6) is 0 Å². The molecular formula is C21H24FN3O3. The van der Waals surface area contributed by atoms with Gasteiger partial charge in [0.25, 0.3) is 0 Å². The molecule has 148 valence electrons. The van der Waals surface area contributed by atoms with Gasteiger partial charge in [0, 0.05) is 19.5 Å². The second kappa shape index (κ2) is 8.84. The van der Waals surface area contributed by atoms with Crippen LogP contribution in [0.15, 0.2) is 57.7 Å². The summed E-state index contributed by atoms with van der Waals surface area (Å²) in [5, 5.41) is 2.90. The van der Waals surface area contributed by atoms with E-state index < -0.39 is 5.76 Å². The molecule has 0 fully saturated rings. The van der Waals surface area contributed by atoms with E-state index in [0.29, 0.717) is 25.1 Å². The molecule has 0 saturated carbocycles. The molecule has 1 N–H and O–H groups in total. The van der Waals surface area contributed by atoms with E-state index in [2.05, 4.69) is 5.32 Å². The number of nitrogens with one attached hydrogen (secondary N) is 1. The van der Waals surface area contributed by atoms with Gasteiger partial charge in [-0.05, 0) is 50.3 Å². The topological polar surface area (TPSA) is 67.5 Å². The maximum Gasteiger partial charge on any atom is 0.419 e. The zero-order chi connectivity index (χ0) is 20.1. The van der Waals surface area contributed by atoms with Gasteiger partial charge in [-0.25, -0.2) is 9.18 Å². The van der Waals surface area contributed by atoms with Gasteiger partial charge in [-0.15, -0.1) is 0 Å². The van der Waals surface area contributed by atoms with Crippen LogP contribution in [0.3, 0.4) is 0 Å². The predicted molar refractivity (Wildman–Crippen MR) is 106 cm³/mol. The number of amides is 1. The molecular weight excluding hydrogens is 361 g/mol. The summed E-state index contributed by atoms with van der Waals surface area (Å²) in [6.07, 6.45) is 0.803. The van der Waals surface area contributed by atoms with E-state index in [1.54, 1.807) is 12.1 Å². The number of nitrogens with zero attached hydrogens (tertiary/aromatic N) is 2. The number of aryl methyl sites for hydroxylation is 1. The number of rotatable bonds is 8. The lowest BCUT2D eigenvalue weighted by atomic mass is 10.1. The molecule has 1 unspecified atom stereocenters. The number of para-hydroxylation sites is 2. The summed E-state index contributed by atoms with van der Waals surface area (Å²) < 4.78 is 20.2. The third-order valence-electron chi connectivity index (χ3n) is 4.71. The molecule has 3 aromatic rings. The molecule has 0 saturated heterocycles. The van der Waals surface area contributed by atoms with Gasteiger partial charge in [0.15, 0.2) is 5.58 Å². The smallest absolute Gasteiger partial charge is 0.408 e. The number of carbonyl (C=O) groups is 1. The van der Waals surface area contributed by atoms with Crippen LogP contribution in [0.25, 0.3) is 11.1 Å². The highest BCUT2D eigenvalue weighted by Crippen LogP contribution is 2.18. The van der Waals surface area contributed by atoms with Gasteiger partial charge >= 0.3 is 5.76 Å². The van der Waals surface area contributed by atoms with Crippen molar-refractivity contribution in [2.24, 2.45) is 0 Å². The summed E-state index contributed by atoms with van der Waals surface area (Å²) >= 11 is 0. The SMILES string of the molecule is CN(C)C(CNC(=O)CCCn1c(=O)oc2ccccc21)c1cccc(F)c1. The van der Waals surface area contributed by atoms with Crippen LogP contribution in [-0.2, 0) is 11.3 Å². The lowest BCUT2D eigenvalue weighted by Crippen LogP contribution is -2.34. The fourth-order valence-corrected chi connectivity index (χ4v) is 3.23. The van der Waals surface area contributed by atoms with Crippen molar-refractivity contribution in [2.45, 2.75) is 25.4 Å². The number of fused-ring (bicyclic) bond motifs is 1. The summed E-state index contributed by atoms with van der Waals surface area (Å²) in [6, 6.07) is 13.5. The summed E-state index contributed by atoms with van der Waals surface area (Å²) in [6.45, 7) is 0.786. The second-order valence-electron chi connectivity index (χ2n) is 6.93. The average Bonchev–Trinajstić information content (AvgIpc) is 2.97. The van der Waals surface area contributed by atoms with Gasteiger partial charge < -0.3 is 14.6 Å². The number of hydrogen-bond acceptors (Lipinski definition) is 4. The average molecular weight is 385 g/mol. The van der Waals surface area contributed by atoms with Crippen LogP contribution in [0.4, 0.5) is 4.39 Å². The lowest BCUT2D eigenvalue weighted by molar-refractivity contribution is -0.121. The Hall–Kier alpha value is -2.93. The van der Waals surface area contributed by atoms with Crippen LogP contribution in [0, 0.1) is 5.82 Å². The highest BCUT2D eigenvalue weighted by molar-refractivity contribution is 5.76. The fourth-order valence-electron chi connectivity index (χ4n) is 3.23. The standard InChI is InChI=1S/C21H24FN3O3/c1-24(2)18(15-7-5-8-16(22)13-15)14-23-20(26)11-6-12-25-17-9-3-4-10-19(17)28-21(25)27/h3-5,7-10,13,18H,6,11-12,14H2,1-2H3,(H,23,26). The van der Waals surface area contributed by atoms with Gasteiger partial charge in [0.2, 0.25) is 5.91 Å². The molecule has 0 aliphatic rings. The summed E-state index contributed by atoms with van der Waals surface area (Å²) in [5.41, 5.74) is 2.08. The Morgan fingerprint density at radius 3 is 2.75 bits per heavy atom. The number of likely N-dealkylation sites (N-methyl/N-ethyl adjacent to an activating group) is 1. The zero-order valence-electron chi connectivity index (χ0n) is 16.0. The van der Waals surface area contributed by atoms with Crippen molar-refractivity contribution in [2.75, 3.05) is 20.6 Å². The van der Waals surface area contributed by atoms with Gasteiger partial charge in [0.05, 0.1) is 11.6 Å². The van der Waals surface area contributed by atoms with E-state index in [1.807, 2.05) is 43.3 Å². The van der Waals surface area contributed by atoms with Crippen molar-refractivity contribution < 1.29 is 13.6 Å². The minimum absolute atomic E-state index is 0.107. The maximum absolute atomic E-state index is 13.5. The van der Waals surface area contributed by atoms with Gasteiger partial charge in [-0.2, -0.15) is 0 Å². The molecule has 3 rings (SSSR count). The first-order valence-electron chi connectivity index (χ1n) is 9.22. The molecule has 1 amide bonds. The molecule has 1 aromatic heterocycles. The van der Waals surface area contributed by atoms with E-state index in [0.717, 1.165) is 11.1 Å². The molecule has 6 nitrogen and oxygen atoms in total. The molecule has 7 heteroatoms. The molecule has 28 heavy (non-hydrogen) atoms. The number of benzene rings is 2. The third kappa shape index (κ3) is 4.67.